The van der Waals surface area contributed by atoms with Crippen LogP contribution in [-0.4, -0.2) is 11.4 Å². The van der Waals surface area contributed by atoms with Crippen LogP contribution < -0.4 is 0 Å². The second kappa shape index (κ2) is 13.6. The average Bonchev–Trinajstić information content (AvgIpc) is 2.72. The van der Waals surface area contributed by atoms with Crippen LogP contribution in [0.15, 0.2) is 54.6 Å². The first kappa shape index (κ1) is 25.4. The van der Waals surface area contributed by atoms with E-state index in [1.54, 1.807) is 0 Å². The van der Waals surface area contributed by atoms with E-state index in [-0.39, 0.29) is 5.41 Å². The monoisotopic (exact) mass is 395 g/mol. The lowest BCUT2D eigenvalue weighted by Gasteiger charge is -2.25. The van der Waals surface area contributed by atoms with E-state index >= 15 is 0 Å². The minimum Gasteiger partial charge on any atom is -0.295 e. The zero-order valence-corrected chi connectivity index (χ0v) is 20.2. The molecule has 2 aromatic rings. The summed E-state index contributed by atoms with van der Waals surface area (Å²) < 4.78 is 0. The molecule has 0 bridgehead atoms. The molecule has 0 aliphatic carbocycles. The first-order valence-corrected chi connectivity index (χ1v) is 11.7. The number of benzene rings is 2. The Kier molecular flexibility index (Phi) is 11.9. The molecule has 1 atom stereocenters. The van der Waals surface area contributed by atoms with E-state index in [0.29, 0.717) is 0 Å². The van der Waals surface area contributed by atoms with E-state index in [9.17, 15) is 0 Å². The fraction of sp³-hybridized carbons (Fsp3) is 0.571. The molecule has 29 heavy (non-hydrogen) atoms. The van der Waals surface area contributed by atoms with Gasteiger partial charge in [-0.3, -0.25) is 4.90 Å². The number of hydrogen-bond acceptors (Lipinski definition) is 1. The molecule has 0 saturated carbocycles. The van der Waals surface area contributed by atoms with Gasteiger partial charge in [-0.2, -0.15) is 0 Å². The highest BCUT2D eigenvalue weighted by atomic mass is 15.1. The van der Waals surface area contributed by atoms with Crippen LogP contribution in [-0.2, 0) is 18.5 Å². The summed E-state index contributed by atoms with van der Waals surface area (Å²) in [6.07, 6.45) is 5.30. The maximum Gasteiger partial charge on any atom is 0.0237 e. The molecular formula is C28H45N. The van der Waals surface area contributed by atoms with Gasteiger partial charge in [-0.25, -0.2) is 0 Å². The molecule has 0 radical (unpaired) electrons. The molecule has 0 aromatic heterocycles. The second-order valence-corrected chi connectivity index (χ2v) is 9.18. The normalized spacial score (nSPS) is 12.4. The van der Waals surface area contributed by atoms with Gasteiger partial charge in [0.25, 0.3) is 0 Å². The summed E-state index contributed by atoms with van der Waals surface area (Å²) in [5, 5.41) is 0. The number of nitrogens with zero attached hydrogens (tertiary/aromatic N) is 1. The van der Waals surface area contributed by atoms with Crippen molar-refractivity contribution in [3.63, 3.8) is 0 Å². The number of rotatable bonds is 10. The molecule has 0 aliphatic heterocycles. The molecule has 2 aromatic carbocycles. The van der Waals surface area contributed by atoms with Crippen molar-refractivity contribution in [1.29, 1.82) is 0 Å². The van der Waals surface area contributed by atoms with Crippen LogP contribution in [0.4, 0.5) is 0 Å². The number of hydrogen-bond donors (Lipinski definition) is 0. The van der Waals surface area contributed by atoms with Crippen LogP contribution in [0.3, 0.4) is 0 Å². The second-order valence-electron chi connectivity index (χ2n) is 9.18. The highest BCUT2D eigenvalue weighted by Gasteiger charge is 2.14. The molecule has 0 fully saturated rings. The smallest absolute Gasteiger partial charge is 0.0237 e. The van der Waals surface area contributed by atoms with Crippen molar-refractivity contribution in [3.8, 4) is 0 Å². The zero-order valence-electron chi connectivity index (χ0n) is 20.2. The van der Waals surface area contributed by atoms with Crippen molar-refractivity contribution >= 4 is 0 Å². The highest BCUT2D eigenvalue weighted by Crippen LogP contribution is 2.23. The summed E-state index contributed by atoms with van der Waals surface area (Å²) in [6, 6.07) is 20.1. The Balaban J connectivity index is 0.00000204. The van der Waals surface area contributed by atoms with Gasteiger partial charge >= 0.3 is 0 Å². The Morgan fingerprint density at radius 1 is 0.793 bits per heavy atom. The van der Waals surface area contributed by atoms with Crippen LogP contribution >= 0.6 is 0 Å². The Morgan fingerprint density at radius 2 is 1.34 bits per heavy atom. The molecule has 0 amide bonds. The van der Waals surface area contributed by atoms with Crippen molar-refractivity contribution in [2.45, 2.75) is 92.7 Å². The predicted molar refractivity (Wildman–Crippen MR) is 130 cm³/mol. The molecule has 0 aliphatic rings. The number of unbranched alkanes of at least 4 members (excludes halogenated alkanes) is 1. The van der Waals surface area contributed by atoms with Crippen molar-refractivity contribution < 1.29 is 0 Å². The van der Waals surface area contributed by atoms with E-state index in [1.165, 1.54) is 48.9 Å². The van der Waals surface area contributed by atoms with Gasteiger partial charge in [0, 0.05) is 13.1 Å². The van der Waals surface area contributed by atoms with Crippen LogP contribution in [0.5, 0.6) is 0 Å². The minimum atomic E-state index is 0.219. The van der Waals surface area contributed by atoms with Gasteiger partial charge < -0.3 is 0 Å². The fourth-order valence-electron chi connectivity index (χ4n) is 3.52. The molecule has 1 unspecified atom stereocenters. The third-order valence-corrected chi connectivity index (χ3v) is 5.46. The molecule has 1 heteroatoms. The Labute approximate surface area is 181 Å². The van der Waals surface area contributed by atoms with Crippen molar-refractivity contribution in [1.82, 2.24) is 4.90 Å². The summed E-state index contributed by atoms with van der Waals surface area (Å²) in [5.41, 5.74) is 4.45. The first-order valence-electron chi connectivity index (χ1n) is 11.7. The summed E-state index contributed by atoms with van der Waals surface area (Å²) >= 11 is 0. The van der Waals surface area contributed by atoms with E-state index in [0.717, 1.165) is 19.0 Å². The minimum absolute atomic E-state index is 0.219. The quantitative estimate of drug-likeness (QED) is 0.391. The van der Waals surface area contributed by atoms with Crippen molar-refractivity contribution in [2.75, 3.05) is 6.54 Å². The van der Waals surface area contributed by atoms with E-state index in [1.807, 2.05) is 13.8 Å². The summed E-state index contributed by atoms with van der Waals surface area (Å²) in [6.45, 7) is 18.8. The Bertz CT molecular complexity index is 636. The third-order valence-electron chi connectivity index (χ3n) is 5.46. The fourth-order valence-corrected chi connectivity index (χ4v) is 3.52. The molecule has 0 spiro atoms. The molecule has 1 nitrogen and oxygen atoms in total. The average molecular weight is 396 g/mol. The molecule has 162 valence electrons. The summed E-state index contributed by atoms with van der Waals surface area (Å²) in [5.74, 6) is 0.812. The van der Waals surface area contributed by atoms with Crippen molar-refractivity contribution in [3.05, 3.63) is 71.3 Å². The van der Waals surface area contributed by atoms with Crippen LogP contribution in [0.2, 0.25) is 0 Å². The van der Waals surface area contributed by atoms with Crippen LogP contribution in [0.25, 0.3) is 0 Å². The first-order chi connectivity index (χ1) is 13.9. The van der Waals surface area contributed by atoms with Gasteiger partial charge in [0.2, 0.25) is 0 Å². The third kappa shape index (κ3) is 10.1. The van der Waals surface area contributed by atoms with E-state index in [4.69, 9.17) is 0 Å². The van der Waals surface area contributed by atoms with E-state index in [2.05, 4.69) is 94.1 Å². The van der Waals surface area contributed by atoms with Crippen LogP contribution in [0.1, 0.15) is 90.8 Å². The highest BCUT2D eigenvalue weighted by molar-refractivity contribution is 5.27. The Hall–Kier alpha value is -1.60. The topological polar surface area (TPSA) is 3.24 Å². The molecule has 2 rings (SSSR count). The van der Waals surface area contributed by atoms with Gasteiger partial charge in [0.1, 0.15) is 0 Å². The molecular weight excluding hydrogens is 350 g/mol. The molecule has 0 N–H and O–H groups in total. The lowest BCUT2D eigenvalue weighted by atomic mass is 9.87. The molecule has 0 saturated heterocycles. The van der Waals surface area contributed by atoms with Crippen LogP contribution in [0, 0.1) is 5.92 Å². The zero-order chi connectivity index (χ0) is 21.7. The van der Waals surface area contributed by atoms with Gasteiger partial charge in [-0.15, -0.1) is 0 Å². The lowest BCUT2D eigenvalue weighted by Crippen LogP contribution is -2.25. The van der Waals surface area contributed by atoms with Crippen molar-refractivity contribution in [2.24, 2.45) is 5.92 Å². The van der Waals surface area contributed by atoms with Gasteiger partial charge in [-0.05, 0) is 41.0 Å². The SMILES string of the molecule is CC.CCCCC(C)CCN(Cc1ccccc1)Cc1ccc(C(C)(C)C)cc1. The summed E-state index contributed by atoms with van der Waals surface area (Å²) in [4.78, 5) is 2.61. The largest absolute Gasteiger partial charge is 0.295 e. The standard InChI is InChI=1S/C26H39N.C2H6/c1-6-7-11-22(2)18-19-27(20-23-12-9-8-10-13-23)21-24-14-16-25(17-15-24)26(3,4)5;1-2/h8-10,12-17,22H,6-7,11,18-21H2,1-5H3;1-2H3. The maximum absolute atomic E-state index is 2.61. The lowest BCUT2D eigenvalue weighted by molar-refractivity contribution is 0.235. The van der Waals surface area contributed by atoms with Gasteiger partial charge in [0.15, 0.2) is 0 Å². The summed E-state index contributed by atoms with van der Waals surface area (Å²) in [7, 11) is 0. The Morgan fingerprint density at radius 3 is 1.86 bits per heavy atom. The van der Waals surface area contributed by atoms with Gasteiger partial charge in [0.05, 0.1) is 0 Å². The maximum atomic E-state index is 2.61. The van der Waals surface area contributed by atoms with E-state index < -0.39 is 0 Å². The van der Waals surface area contributed by atoms with Gasteiger partial charge in [-0.1, -0.05) is 122 Å². The molecule has 0 heterocycles. The predicted octanol–water partition coefficient (Wildman–Crippen LogP) is 8.23.